The van der Waals surface area contributed by atoms with Crippen LogP contribution in [0.3, 0.4) is 0 Å². The Labute approximate surface area is 101 Å². The highest BCUT2D eigenvalue weighted by Gasteiger charge is 2.13. The lowest BCUT2D eigenvalue weighted by Crippen LogP contribution is -2.24. The summed E-state index contributed by atoms with van der Waals surface area (Å²) in [5.74, 6) is 0.284. The largest absolute Gasteiger partial charge is 0.370 e. The Morgan fingerprint density at radius 1 is 1.65 bits per heavy atom. The number of nitrogens with one attached hydrogen (secondary N) is 2. The summed E-state index contributed by atoms with van der Waals surface area (Å²) in [6.45, 7) is 1.98. The van der Waals surface area contributed by atoms with Crippen molar-refractivity contribution in [1.82, 2.24) is 10.3 Å². The Bertz CT molecular complexity index is 388. The number of carbonyl (C=O) groups is 1. The molecular weight excluding hydrogens is 216 g/mol. The molecule has 5 heteroatoms. The Hall–Kier alpha value is -1.62. The van der Waals surface area contributed by atoms with Crippen molar-refractivity contribution in [2.75, 3.05) is 18.4 Å². The SMILES string of the molecule is NC(=O)c1ccnc(NCC[C@H]2CCCN2)c1. The van der Waals surface area contributed by atoms with Crippen LogP contribution in [0, 0.1) is 0 Å². The molecule has 1 aromatic rings. The van der Waals surface area contributed by atoms with Crippen LogP contribution in [0.2, 0.25) is 0 Å². The van der Waals surface area contributed by atoms with E-state index in [-0.39, 0.29) is 0 Å². The van der Waals surface area contributed by atoms with Crippen LogP contribution in [-0.2, 0) is 0 Å². The van der Waals surface area contributed by atoms with Crippen LogP contribution >= 0.6 is 0 Å². The van der Waals surface area contributed by atoms with Crippen LogP contribution in [0.25, 0.3) is 0 Å². The second-order valence-corrected chi connectivity index (χ2v) is 4.30. The fourth-order valence-corrected chi connectivity index (χ4v) is 2.06. The van der Waals surface area contributed by atoms with Gasteiger partial charge < -0.3 is 16.4 Å². The molecule has 0 aliphatic carbocycles. The predicted octanol–water partition coefficient (Wildman–Crippen LogP) is 0.734. The molecule has 2 heterocycles. The molecule has 1 amide bonds. The molecule has 92 valence electrons. The number of anilines is 1. The normalized spacial score (nSPS) is 19.2. The lowest BCUT2D eigenvalue weighted by Gasteiger charge is -2.11. The maximum absolute atomic E-state index is 11.0. The molecule has 1 aliphatic heterocycles. The number of primary amides is 1. The maximum Gasteiger partial charge on any atom is 0.248 e. The Morgan fingerprint density at radius 2 is 2.53 bits per heavy atom. The number of nitrogens with two attached hydrogens (primary N) is 1. The second-order valence-electron chi connectivity index (χ2n) is 4.30. The molecule has 5 nitrogen and oxygen atoms in total. The third-order valence-corrected chi connectivity index (χ3v) is 3.01. The molecule has 0 saturated carbocycles. The monoisotopic (exact) mass is 234 g/mol. The third kappa shape index (κ3) is 3.42. The molecule has 0 aromatic carbocycles. The van der Waals surface area contributed by atoms with Crippen LogP contribution in [0.15, 0.2) is 18.3 Å². The molecule has 0 radical (unpaired) electrons. The topological polar surface area (TPSA) is 80.0 Å². The molecule has 0 unspecified atom stereocenters. The molecule has 1 aliphatic rings. The fraction of sp³-hybridized carbons (Fsp3) is 0.500. The molecule has 4 N–H and O–H groups in total. The first-order valence-electron chi connectivity index (χ1n) is 5.99. The van der Waals surface area contributed by atoms with E-state index in [2.05, 4.69) is 15.6 Å². The highest BCUT2D eigenvalue weighted by Crippen LogP contribution is 2.10. The summed E-state index contributed by atoms with van der Waals surface area (Å²) in [6, 6.07) is 3.91. The highest BCUT2D eigenvalue weighted by molar-refractivity contribution is 5.93. The van der Waals surface area contributed by atoms with E-state index in [0.717, 1.165) is 19.5 Å². The van der Waals surface area contributed by atoms with Crippen LogP contribution in [-0.4, -0.2) is 30.0 Å². The van der Waals surface area contributed by atoms with E-state index < -0.39 is 5.91 Å². The molecule has 1 atom stereocenters. The van der Waals surface area contributed by atoms with E-state index in [1.54, 1.807) is 18.3 Å². The smallest absolute Gasteiger partial charge is 0.248 e. The van der Waals surface area contributed by atoms with Gasteiger partial charge in [-0.1, -0.05) is 0 Å². The Morgan fingerprint density at radius 3 is 3.24 bits per heavy atom. The van der Waals surface area contributed by atoms with E-state index in [0.29, 0.717) is 17.4 Å². The summed E-state index contributed by atoms with van der Waals surface area (Å²) in [6.07, 6.45) is 5.18. The summed E-state index contributed by atoms with van der Waals surface area (Å²) in [5, 5.41) is 6.65. The summed E-state index contributed by atoms with van der Waals surface area (Å²) < 4.78 is 0. The number of carbonyl (C=O) groups excluding carboxylic acids is 1. The minimum atomic E-state index is -0.423. The summed E-state index contributed by atoms with van der Waals surface area (Å²) in [7, 11) is 0. The molecule has 17 heavy (non-hydrogen) atoms. The van der Waals surface area contributed by atoms with Crippen LogP contribution < -0.4 is 16.4 Å². The summed E-state index contributed by atoms with van der Waals surface area (Å²) in [5.41, 5.74) is 5.69. The number of nitrogens with zero attached hydrogens (tertiary/aromatic N) is 1. The lowest BCUT2D eigenvalue weighted by molar-refractivity contribution is 0.1000. The zero-order valence-electron chi connectivity index (χ0n) is 9.78. The van der Waals surface area contributed by atoms with Gasteiger partial charge in [0.15, 0.2) is 0 Å². The first-order chi connectivity index (χ1) is 8.25. The van der Waals surface area contributed by atoms with E-state index in [4.69, 9.17) is 5.73 Å². The van der Waals surface area contributed by atoms with Crippen molar-refractivity contribution in [3.8, 4) is 0 Å². The predicted molar refractivity (Wildman–Crippen MR) is 66.9 cm³/mol. The quantitative estimate of drug-likeness (QED) is 0.702. The van der Waals surface area contributed by atoms with Gasteiger partial charge >= 0.3 is 0 Å². The Kier molecular flexibility index (Phi) is 3.93. The lowest BCUT2D eigenvalue weighted by atomic mass is 10.1. The second kappa shape index (κ2) is 5.63. The van der Waals surface area contributed by atoms with Gasteiger partial charge in [-0.05, 0) is 37.9 Å². The van der Waals surface area contributed by atoms with Gasteiger partial charge in [-0.3, -0.25) is 4.79 Å². The van der Waals surface area contributed by atoms with E-state index >= 15 is 0 Å². The zero-order chi connectivity index (χ0) is 12.1. The van der Waals surface area contributed by atoms with Crippen molar-refractivity contribution in [3.05, 3.63) is 23.9 Å². The van der Waals surface area contributed by atoms with Crippen LogP contribution in [0.4, 0.5) is 5.82 Å². The molecular formula is C12H18N4O. The Balaban J connectivity index is 1.81. The van der Waals surface area contributed by atoms with Crippen LogP contribution in [0.1, 0.15) is 29.6 Å². The number of pyridine rings is 1. The number of hydrogen-bond donors (Lipinski definition) is 3. The highest BCUT2D eigenvalue weighted by atomic mass is 16.1. The summed E-state index contributed by atoms with van der Waals surface area (Å²) >= 11 is 0. The van der Waals surface area contributed by atoms with Crippen molar-refractivity contribution >= 4 is 11.7 Å². The molecule has 1 aromatic heterocycles. The van der Waals surface area contributed by atoms with Crippen molar-refractivity contribution in [1.29, 1.82) is 0 Å². The van der Waals surface area contributed by atoms with Gasteiger partial charge in [0.2, 0.25) is 5.91 Å². The molecule has 0 spiro atoms. The van der Waals surface area contributed by atoms with Crippen molar-refractivity contribution in [2.24, 2.45) is 5.73 Å². The summed E-state index contributed by atoms with van der Waals surface area (Å²) in [4.78, 5) is 15.1. The van der Waals surface area contributed by atoms with Crippen molar-refractivity contribution < 1.29 is 4.79 Å². The fourth-order valence-electron chi connectivity index (χ4n) is 2.06. The number of hydrogen-bond acceptors (Lipinski definition) is 4. The molecule has 2 rings (SSSR count). The standard InChI is InChI=1S/C12H18N4O/c13-12(17)9-3-6-15-11(8-9)16-7-4-10-2-1-5-14-10/h3,6,8,10,14H,1-2,4-5,7H2,(H2,13,17)(H,15,16)/t10-/m1/s1. The number of aromatic nitrogens is 1. The van der Waals surface area contributed by atoms with Crippen molar-refractivity contribution in [2.45, 2.75) is 25.3 Å². The van der Waals surface area contributed by atoms with Gasteiger partial charge in [-0.15, -0.1) is 0 Å². The zero-order valence-corrected chi connectivity index (χ0v) is 9.78. The molecule has 1 fully saturated rings. The molecule has 0 bridgehead atoms. The van der Waals surface area contributed by atoms with Gasteiger partial charge in [0, 0.05) is 24.3 Å². The first kappa shape index (κ1) is 11.9. The van der Waals surface area contributed by atoms with E-state index in [1.807, 2.05) is 0 Å². The first-order valence-corrected chi connectivity index (χ1v) is 5.99. The van der Waals surface area contributed by atoms with E-state index in [9.17, 15) is 4.79 Å². The average molecular weight is 234 g/mol. The average Bonchev–Trinajstić information content (AvgIpc) is 2.82. The molecule has 1 saturated heterocycles. The van der Waals surface area contributed by atoms with Crippen LogP contribution in [0.5, 0.6) is 0 Å². The van der Waals surface area contributed by atoms with Gasteiger partial charge in [-0.25, -0.2) is 4.98 Å². The number of amides is 1. The van der Waals surface area contributed by atoms with Gasteiger partial charge in [0.05, 0.1) is 0 Å². The minimum absolute atomic E-state index is 0.423. The van der Waals surface area contributed by atoms with E-state index in [1.165, 1.54) is 12.8 Å². The van der Waals surface area contributed by atoms with Gasteiger partial charge in [-0.2, -0.15) is 0 Å². The third-order valence-electron chi connectivity index (χ3n) is 3.01. The minimum Gasteiger partial charge on any atom is -0.370 e. The van der Waals surface area contributed by atoms with Gasteiger partial charge in [0.25, 0.3) is 0 Å². The maximum atomic E-state index is 11.0. The number of rotatable bonds is 5. The van der Waals surface area contributed by atoms with Gasteiger partial charge in [0.1, 0.15) is 5.82 Å². The van der Waals surface area contributed by atoms with Crippen molar-refractivity contribution in [3.63, 3.8) is 0 Å².